The second-order valence-corrected chi connectivity index (χ2v) is 4.74. The van der Waals surface area contributed by atoms with E-state index in [0.717, 1.165) is 6.42 Å². The van der Waals surface area contributed by atoms with Crippen LogP contribution in [0.2, 0.25) is 0 Å². The van der Waals surface area contributed by atoms with E-state index in [-0.39, 0.29) is 18.0 Å². The average molecular weight is 253 g/mol. The molecule has 0 fully saturated rings. The predicted molar refractivity (Wildman–Crippen MR) is 69.2 cm³/mol. The Balaban J connectivity index is 2.79. The van der Waals surface area contributed by atoms with Crippen LogP contribution in [0.3, 0.4) is 0 Å². The first-order valence-corrected chi connectivity index (χ1v) is 6.05. The molecule has 0 aliphatic rings. The Hall–Kier alpha value is -1.42. The van der Waals surface area contributed by atoms with E-state index in [2.05, 4.69) is 0 Å². The van der Waals surface area contributed by atoms with Gasteiger partial charge in [-0.15, -0.1) is 0 Å². The van der Waals surface area contributed by atoms with Crippen molar-refractivity contribution in [1.29, 1.82) is 0 Å². The van der Waals surface area contributed by atoms with Gasteiger partial charge in [-0.1, -0.05) is 19.4 Å². The number of carbonyl (C=O) groups is 1. The maximum atomic E-state index is 13.5. The van der Waals surface area contributed by atoms with Gasteiger partial charge < -0.3 is 10.5 Å². The standard InChI is InChI=1S/C14H20FNO2/c1-4-7-14(2,16)13(17)9-10-5-6-12(18-3)11(15)8-10/h5-6,8H,4,7,9,16H2,1-3H3. The van der Waals surface area contributed by atoms with Crippen LogP contribution in [0, 0.1) is 5.82 Å². The SMILES string of the molecule is CCCC(C)(N)C(=O)Cc1ccc(OC)c(F)c1. The average Bonchev–Trinajstić information content (AvgIpc) is 2.29. The van der Waals surface area contributed by atoms with Gasteiger partial charge in [0.2, 0.25) is 0 Å². The molecule has 1 aromatic rings. The van der Waals surface area contributed by atoms with Crippen LogP contribution in [0.5, 0.6) is 5.75 Å². The van der Waals surface area contributed by atoms with E-state index >= 15 is 0 Å². The zero-order chi connectivity index (χ0) is 13.8. The Bertz CT molecular complexity index is 430. The summed E-state index contributed by atoms with van der Waals surface area (Å²) in [6, 6.07) is 4.52. The molecule has 1 unspecified atom stereocenters. The molecule has 2 N–H and O–H groups in total. The topological polar surface area (TPSA) is 52.3 Å². The normalized spacial score (nSPS) is 14.1. The lowest BCUT2D eigenvalue weighted by Crippen LogP contribution is -2.45. The van der Waals surface area contributed by atoms with E-state index in [1.54, 1.807) is 13.0 Å². The van der Waals surface area contributed by atoms with E-state index < -0.39 is 11.4 Å². The second-order valence-electron chi connectivity index (χ2n) is 4.74. The number of hydrogen-bond donors (Lipinski definition) is 1. The molecule has 100 valence electrons. The van der Waals surface area contributed by atoms with Crippen molar-refractivity contribution < 1.29 is 13.9 Å². The fraction of sp³-hybridized carbons (Fsp3) is 0.500. The highest BCUT2D eigenvalue weighted by atomic mass is 19.1. The van der Waals surface area contributed by atoms with Crippen molar-refractivity contribution in [3.63, 3.8) is 0 Å². The van der Waals surface area contributed by atoms with Gasteiger partial charge in [0.15, 0.2) is 17.3 Å². The number of Topliss-reactive ketones (excluding diaryl/α,β-unsaturated/α-hetero) is 1. The van der Waals surface area contributed by atoms with Crippen molar-refractivity contribution in [2.75, 3.05) is 7.11 Å². The molecule has 4 heteroatoms. The molecular weight excluding hydrogens is 233 g/mol. The van der Waals surface area contributed by atoms with Crippen LogP contribution in [0.15, 0.2) is 18.2 Å². The number of methoxy groups -OCH3 is 1. The molecule has 18 heavy (non-hydrogen) atoms. The van der Waals surface area contributed by atoms with Gasteiger partial charge in [-0.3, -0.25) is 4.79 Å². The van der Waals surface area contributed by atoms with Gasteiger partial charge in [-0.05, 0) is 31.0 Å². The molecule has 0 spiro atoms. The summed E-state index contributed by atoms with van der Waals surface area (Å²) in [7, 11) is 1.40. The summed E-state index contributed by atoms with van der Waals surface area (Å²) >= 11 is 0. The quantitative estimate of drug-likeness (QED) is 0.847. The number of hydrogen-bond acceptors (Lipinski definition) is 3. The monoisotopic (exact) mass is 253 g/mol. The summed E-state index contributed by atoms with van der Waals surface area (Å²) in [6.45, 7) is 3.70. The predicted octanol–water partition coefficient (Wildman–Crippen LogP) is 2.46. The molecule has 3 nitrogen and oxygen atoms in total. The molecule has 0 aromatic heterocycles. The van der Waals surface area contributed by atoms with Crippen molar-refractivity contribution in [3.05, 3.63) is 29.6 Å². The molecule has 0 heterocycles. The zero-order valence-electron chi connectivity index (χ0n) is 11.1. The van der Waals surface area contributed by atoms with E-state index in [1.165, 1.54) is 19.2 Å². The van der Waals surface area contributed by atoms with Crippen molar-refractivity contribution in [2.45, 2.75) is 38.6 Å². The van der Waals surface area contributed by atoms with Gasteiger partial charge in [0.05, 0.1) is 12.6 Å². The van der Waals surface area contributed by atoms with Crippen LogP contribution >= 0.6 is 0 Å². The van der Waals surface area contributed by atoms with E-state index in [9.17, 15) is 9.18 Å². The minimum absolute atomic E-state index is 0.0751. The molecule has 1 aromatic carbocycles. The highest BCUT2D eigenvalue weighted by Gasteiger charge is 2.26. The van der Waals surface area contributed by atoms with Gasteiger partial charge in [0.25, 0.3) is 0 Å². The molecule has 0 radical (unpaired) electrons. The number of ether oxygens (including phenoxy) is 1. The third-order valence-electron chi connectivity index (χ3n) is 2.99. The second kappa shape index (κ2) is 5.96. The van der Waals surface area contributed by atoms with Crippen molar-refractivity contribution in [1.82, 2.24) is 0 Å². The molecule has 0 bridgehead atoms. The summed E-state index contributed by atoms with van der Waals surface area (Å²) in [4.78, 5) is 12.0. The molecule has 0 saturated carbocycles. The smallest absolute Gasteiger partial charge is 0.165 e. The summed E-state index contributed by atoms with van der Waals surface area (Å²) in [5, 5.41) is 0. The van der Waals surface area contributed by atoms with Gasteiger partial charge in [0, 0.05) is 6.42 Å². The minimum Gasteiger partial charge on any atom is -0.494 e. The number of halogens is 1. The lowest BCUT2D eigenvalue weighted by molar-refractivity contribution is -0.123. The maximum absolute atomic E-state index is 13.5. The Kier molecular flexibility index (Phi) is 4.84. The van der Waals surface area contributed by atoms with Crippen LogP contribution in [0.25, 0.3) is 0 Å². The van der Waals surface area contributed by atoms with Crippen molar-refractivity contribution in [2.24, 2.45) is 5.73 Å². The molecule has 1 rings (SSSR count). The van der Waals surface area contributed by atoms with Crippen LogP contribution in [0.4, 0.5) is 4.39 Å². The molecule has 0 aliphatic heterocycles. The Morgan fingerprint density at radius 2 is 2.17 bits per heavy atom. The van der Waals surface area contributed by atoms with Crippen LogP contribution in [0.1, 0.15) is 32.3 Å². The van der Waals surface area contributed by atoms with E-state index in [0.29, 0.717) is 12.0 Å². The summed E-state index contributed by atoms with van der Waals surface area (Å²) in [6.07, 6.45) is 1.62. The first kappa shape index (κ1) is 14.6. The molecule has 0 saturated heterocycles. The van der Waals surface area contributed by atoms with Crippen molar-refractivity contribution in [3.8, 4) is 5.75 Å². The van der Waals surface area contributed by atoms with E-state index in [1.807, 2.05) is 6.92 Å². The third kappa shape index (κ3) is 3.53. The first-order valence-electron chi connectivity index (χ1n) is 6.05. The molecule has 0 amide bonds. The fourth-order valence-electron chi connectivity index (χ4n) is 1.87. The fourth-order valence-corrected chi connectivity index (χ4v) is 1.87. The van der Waals surface area contributed by atoms with E-state index in [4.69, 9.17) is 10.5 Å². The molecule has 0 aliphatic carbocycles. The first-order chi connectivity index (χ1) is 8.40. The Morgan fingerprint density at radius 3 is 2.67 bits per heavy atom. The van der Waals surface area contributed by atoms with Crippen LogP contribution in [-0.4, -0.2) is 18.4 Å². The number of rotatable bonds is 6. The minimum atomic E-state index is -0.842. The van der Waals surface area contributed by atoms with Crippen LogP contribution in [-0.2, 0) is 11.2 Å². The number of ketones is 1. The molecule has 1 atom stereocenters. The van der Waals surface area contributed by atoms with Crippen molar-refractivity contribution >= 4 is 5.78 Å². The lowest BCUT2D eigenvalue weighted by atomic mass is 9.88. The van der Waals surface area contributed by atoms with Gasteiger partial charge in [-0.2, -0.15) is 0 Å². The van der Waals surface area contributed by atoms with Gasteiger partial charge in [0.1, 0.15) is 0 Å². The Morgan fingerprint density at radius 1 is 1.50 bits per heavy atom. The number of nitrogens with two attached hydrogens (primary N) is 1. The summed E-state index contributed by atoms with van der Waals surface area (Å²) in [5.41, 5.74) is 5.72. The largest absolute Gasteiger partial charge is 0.494 e. The van der Waals surface area contributed by atoms with Gasteiger partial charge >= 0.3 is 0 Å². The molecular formula is C14H20FNO2. The highest BCUT2D eigenvalue weighted by molar-refractivity contribution is 5.89. The number of benzene rings is 1. The summed E-state index contributed by atoms with van der Waals surface area (Å²) < 4.78 is 18.3. The Labute approximate surface area is 107 Å². The third-order valence-corrected chi connectivity index (χ3v) is 2.99. The summed E-state index contributed by atoms with van der Waals surface area (Å²) in [5.74, 6) is -0.360. The highest BCUT2D eigenvalue weighted by Crippen LogP contribution is 2.20. The number of carbonyl (C=O) groups excluding carboxylic acids is 1. The maximum Gasteiger partial charge on any atom is 0.165 e. The lowest BCUT2D eigenvalue weighted by Gasteiger charge is -2.22. The van der Waals surface area contributed by atoms with Crippen LogP contribution < -0.4 is 10.5 Å². The van der Waals surface area contributed by atoms with Gasteiger partial charge in [-0.25, -0.2) is 4.39 Å². The zero-order valence-corrected chi connectivity index (χ0v) is 11.1.